The van der Waals surface area contributed by atoms with Crippen molar-refractivity contribution < 1.29 is 4.92 Å². The molecule has 0 aromatic heterocycles. The van der Waals surface area contributed by atoms with Gasteiger partial charge < -0.3 is 0 Å². The van der Waals surface area contributed by atoms with Crippen LogP contribution in [-0.2, 0) is 0 Å². The Labute approximate surface area is 71.3 Å². The van der Waals surface area contributed by atoms with Gasteiger partial charge in [-0.25, -0.2) is 0 Å². The van der Waals surface area contributed by atoms with Gasteiger partial charge in [0.25, 0.3) is 5.69 Å². The summed E-state index contributed by atoms with van der Waals surface area (Å²) in [5, 5.41) is 10.1. The highest BCUT2D eigenvalue weighted by Gasteiger charge is 2.03. The van der Waals surface area contributed by atoms with Crippen molar-refractivity contribution in [1.82, 2.24) is 0 Å². The molecule has 0 aliphatic heterocycles. The third kappa shape index (κ3) is 1.66. The highest BCUT2D eigenvalue weighted by atomic mass is 127. The molecule has 0 amide bonds. The predicted molar refractivity (Wildman–Crippen MR) is 44.6 cm³/mol. The molecular weight excluding hydrogens is 245 g/mol. The zero-order valence-corrected chi connectivity index (χ0v) is 7.03. The Hall–Kier alpha value is -0.650. The highest BCUT2D eigenvalue weighted by molar-refractivity contribution is 14.1. The molecule has 0 unspecified atom stereocenters. The Kier molecular flexibility index (Phi) is 2.21. The predicted octanol–water partition coefficient (Wildman–Crippen LogP) is 2.00. The Balaban J connectivity index is 3.07. The lowest BCUT2D eigenvalue weighted by atomic mass is 10.3. The van der Waals surface area contributed by atoms with Crippen LogP contribution >= 0.6 is 22.6 Å². The third-order valence-corrected chi connectivity index (χ3v) is 1.62. The highest BCUT2D eigenvalue weighted by Crippen LogP contribution is 2.13. The van der Waals surface area contributed by atoms with Crippen LogP contribution in [-0.4, -0.2) is 4.92 Å². The van der Waals surface area contributed by atoms with Crippen LogP contribution in [0.1, 0.15) is 0 Å². The molecule has 4 heteroatoms. The number of nitro groups is 1. The number of rotatable bonds is 1. The van der Waals surface area contributed by atoms with Crippen LogP contribution in [0.3, 0.4) is 0 Å². The second-order valence-corrected chi connectivity index (χ2v) is 2.89. The summed E-state index contributed by atoms with van der Waals surface area (Å²) in [6, 6.07) is 7.28. The smallest absolute Gasteiger partial charge is 0.258 e. The first-order valence-electron chi connectivity index (χ1n) is 2.52. The van der Waals surface area contributed by atoms with E-state index >= 15 is 0 Å². The Bertz CT molecular complexity index is 262. The van der Waals surface area contributed by atoms with Crippen LogP contribution in [0.25, 0.3) is 0 Å². The molecule has 1 radical (unpaired) electrons. The minimum atomic E-state index is -0.456. The fourth-order valence-corrected chi connectivity index (χ4v) is 1.01. The molecule has 0 aliphatic rings. The number of hydrogen-bond donors (Lipinski definition) is 0. The second kappa shape index (κ2) is 2.96. The molecule has 0 saturated carbocycles. The lowest BCUT2D eigenvalue weighted by molar-refractivity contribution is -0.385. The summed E-state index contributed by atoms with van der Waals surface area (Å²) in [6.45, 7) is 0. The van der Waals surface area contributed by atoms with E-state index in [1.54, 1.807) is 12.1 Å². The number of nitrogens with zero attached hydrogens (tertiary/aromatic N) is 1. The lowest BCUT2D eigenvalue weighted by Gasteiger charge is -1.88. The van der Waals surface area contributed by atoms with Gasteiger partial charge in [0.05, 0.1) is 11.0 Å². The van der Waals surface area contributed by atoms with Crippen LogP contribution in [0.4, 0.5) is 5.69 Å². The van der Waals surface area contributed by atoms with Crippen molar-refractivity contribution >= 4 is 28.3 Å². The normalized spacial score (nSPS) is 9.30. The van der Waals surface area contributed by atoms with E-state index in [0.29, 0.717) is 0 Å². The molecule has 1 aromatic rings. The van der Waals surface area contributed by atoms with E-state index in [-0.39, 0.29) is 5.69 Å². The molecule has 0 spiro atoms. The van der Waals surface area contributed by atoms with Crippen LogP contribution in [0, 0.1) is 19.8 Å². The Morgan fingerprint density at radius 1 is 1.70 bits per heavy atom. The van der Waals surface area contributed by atoms with Crippen LogP contribution in [0.5, 0.6) is 0 Å². The molecule has 0 atom stereocenters. The van der Waals surface area contributed by atoms with Crippen molar-refractivity contribution in [2.45, 2.75) is 0 Å². The maximum atomic E-state index is 10.1. The topological polar surface area (TPSA) is 43.1 Å². The van der Waals surface area contributed by atoms with Gasteiger partial charge in [-0.2, -0.15) is 0 Å². The summed E-state index contributed by atoms with van der Waals surface area (Å²) in [5.41, 5.74) is 0.0203. The van der Waals surface area contributed by atoms with Crippen molar-refractivity contribution in [2.75, 3.05) is 0 Å². The number of hydrogen-bond acceptors (Lipinski definition) is 2. The fourth-order valence-electron chi connectivity index (χ4n) is 0.532. The van der Waals surface area contributed by atoms with Gasteiger partial charge in [0.1, 0.15) is 0 Å². The average Bonchev–Trinajstić information content (AvgIpc) is 1.88. The second-order valence-electron chi connectivity index (χ2n) is 1.65. The molecule has 51 valence electrons. The van der Waals surface area contributed by atoms with Crippen LogP contribution in [0.15, 0.2) is 18.2 Å². The van der Waals surface area contributed by atoms with Crippen LogP contribution < -0.4 is 0 Å². The van der Waals surface area contributed by atoms with E-state index in [2.05, 4.69) is 6.07 Å². The average molecular weight is 248 g/mol. The quantitative estimate of drug-likeness (QED) is 0.433. The molecule has 1 aromatic carbocycles. The summed E-state index contributed by atoms with van der Waals surface area (Å²) in [4.78, 5) is 9.67. The van der Waals surface area contributed by atoms with Crippen molar-refractivity contribution in [3.8, 4) is 0 Å². The molecule has 1 rings (SSSR count). The van der Waals surface area contributed by atoms with E-state index in [1.807, 2.05) is 22.6 Å². The van der Waals surface area contributed by atoms with Gasteiger partial charge in [0.2, 0.25) is 0 Å². The van der Waals surface area contributed by atoms with Gasteiger partial charge >= 0.3 is 0 Å². The lowest BCUT2D eigenvalue weighted by Crippen LogP contribution is -1.87. The third-order valence-electron chi connectivity index (χ3n) is 0.945. The zero-order valence-electron chi connectivity index (χ0n) is 4.87. The Morgan fingerprint density at radius 3 is 2.80 bits per heavy atom. The Morgan fingerprint density at radius 2 is 2.40 bits per heavy atom. The standard InChI is InChI=1S/C6H3INO2/c7-5-2-1-3-6(4-5)8(9)10/h1-2,4H. The van der Waals surface area contributed by atoms with Gasteiger partial charge in [0.15, 0.2) is 0 Å². The first kappa shape index (κ1) is 7.46. The largest absolute Gasteiger partial charge is 0.278 e. The molecular formula is C6H3INO2. The maximum Gasteiger partial charge on any atom is 0.278 e. The van der Waals surface area contributed by atoms with Crippen molar-refractivity contribution in [3.63, 3.8) is 0 Å². The number of nitro benzene ring substituents is 1. The molecule has 3 nitrogen and oxygen atoms in total. The summed E-state index contributed by atoms with van der Waals surface area (Å²) in [7, 11) is 0. The molecule has 0 aliphatic carbocycles. The molecule has 0 bridgehead atoms. The minimum Gasteiger partial charge on any atom is -0.258 e. The van der Waals surface area contributed by atoms with Gasteiger partial charge in [-0.3, -0.25) is 10.1 Å². The van der Waals surface area contributed by atoms with Gasteiger partial charge in [-0.1, -0.05) is 0 Å². The fraction of sp³-hybridized carbons (Fsp3) is 0. The van der Waals surface area contributed by atoms with Gasteiger partial charge in [0, 0.05) is 9.64 Å². The molecule has 0 saturated heterocycles. The van der Waals surface area contributed by atoms with E-state index in [1.165, 1.54) is 6.07 Å². The molecule has 0 heterocycles. The SMILES string of the molecule is O=[N+]([O-])c1[c]ccc(I)c1. The number of non-ortho nitro benzene ring substituents is 1. The van der Waals surface area contributed by atoms with E-state index < -0.39 is 4.92 Å². The summed E-state index contributed by atoms with van der Waals surface area (Å²) in [6.07, 6.45) is 0. The monoisotopic (exact) mass is 248 g/mol. The summed E-state index contributed by atoms with van der Waals surface area (Å²) >= 11 is 2.01. The summed E-state index contributed by atoms with van der Waals surface area (Å²) < 4.78 is 0.850. The maximum absolute atomic E-state index is 10.1. The number of benzene rings is 1. The van der Waals surface area contributed by atoms with Crippen LogP contribution in [0.2, 0.25) is 0 Å². The molecule has 0 N–H and O–H groups in total. The van der Waals surface area contributed by atoms with Crippen molar-refractivity contribution in [3.05, 3.63) is 37.9 Å². The zero-order chi connectivity index (χ0) is 7.56. The summed E-state index contributed by atoms with van der Waals surface area (Å²) in [5.74, 6) is 0. The van der Waals surface area contributed by atoms with E-state index in [4.69, 9.17) is 0 Å². The molecule has 10 heavy (non-hydrogen) atoms. The van der Waals surface area contributed by atoms with Gasteiger partial charge in [-0.05, 0) is 34.7 Å². The van der Waals surface area contributed by atoms with Crippen molar-refractivity contribution in [1.29, 1.82) is 0 Å². The van der Waals surface area contributed by atoms with Gasteiger partial charge in [-0.15, -0.1) is 0 Å². The van der Waals surface area contributed by atoms with E-state index in [0.717, 1.165) is 3.57 Å². The minimum absolute atomic E-state index is 0.0203. The first-order valence-corrected chi connectivity index (χ1v) is 3.59. The number of halogens is 1. The van der Waals surface area contributed by atoms with Crippen molar-refractivity contribution in [2.24, 2.45) is 0 Å². The first-order chi connectivity index (χ1) is 4.70. The van der Waals surface area contributed by atoms with E-state index in [9.17, 15) is 10.1 Å². The molecule has 0 fully saturated rings.